The van der Waals surface area contributed by atoms with Crippen LogP contribution in [0, 0.1) is 0 Å². The van der Waals surface area contributed by atoms with Gasteiger partial charge in [0.1, 0.15) is 0 Å². The molecule has 1 nitrogen and oxygen atoms in total. The second-order valence-electron chi connectivity index (χ2n) is 4.45. The van der Waals surface area contributed by atoms with E-state index in [1.807, 2.05) is 42.5 Å². The van der Waals surface area contributed by atoms with E-state index in [-0.39, 0.29) is 6.10 Å². The molecule has 0 radical (unpaired) electrons. The molecular weight excluding hydrogens is 288 g/mol. The topological polar surface area (TPSA) is 20.2 Å². The summed E-state index contributed by atoms with van der Waals surface area (Å²) < 4.78 is 1.11. The Hall–Kier alpha value is -1.12. The third kappa shape index (κ3) is 3.97. The first-order chi connectivity index (χ1) is 8.75. The van der Waals surface area contributed by atoms with Gasteiger partial charge in [-0.2, -0.15) is 0 Å². The number of halogens is 1. The van der Waals surface area contributed by atoms with Gasteiger partial charge in [0.15, 0.2) is 0 Å². The molecule has 0 aliphatic heterocycles. The molecule has 0 spiro atoms. The van der Waals surface area contributed by atoms with E-state index < -0.39 is 0 Å². The molecular formula is C16H17BrO. The van der Waals surface area contributed by atoms with Crippen LogP contribution >= 0.6 is 15.9 Å². The molecule has 0 heterocycles. The van der Waals surface area contributed by atoms with Crippen LogP contribution in [0.3, 0.4) is 0 Å². The number of rotatable bonds is 5. The fourth-order valence-corrected chi connectivity index (χ4v) is 2.48. The second kappa shape index (κ2) is 6.72. The highest BCUT2D eigenvalue weighted by atomic mass is 79.9. The van der Waals surface area contributed by atoms with Gasteiger partial charge in [0.2, 0.25) is 0 Å². The van der Waals surface area contributed by atoms with Gasteiger partial charge in [-0.1, -0.05) is 58.4 Å². The van der Waals surface area contributed by atoms with Crippen LogP contribution in [-0.4, -0.2) is 5.11 Å². The largest absolute Gasteiger partial charge is 0.388 e. The van der Waals surface area contributed by atoms with Crippen molar-refractivity contribution in [3.8, 4) is 0 Å². The predicted octanol–water partition coefficient (Wildman–Crippen LogP) is 4.51. The SMILES string of the molecule is OC(CCCc1cccc(Br)c1)c1ccccc1. The van der Waals surface area contributed by atoms with Crippen molar-refractivity contribution in [1.82, 2.24) is 0 Å². The molecule has 0 aromatic heterocycles. The van der Waals surface area contributed by atoms with Gasteiger partial charge < -0.3 is 5.11 Å². The summed E-state index contributed by atoms with van der Waals surface area (Å²) in [5.41, 5.74) is 2.32. The van der Waals surface area contributed by atoms with Gasteiger partial charge in [-0.3, -0.25) is 0 Å². The van der Waals surface area contributed by atoms with Crippen molar-refractivity contribution in [3.63, 3.8) is 0 Å². The first kappa shape index (κ1) is 13.3. The quantitative estimate of drug-likeness (QED) is 0.862. The van der Waals surface area contributed by atoms with Crippen LogP contribution in [0.15, 0.2) is 59.1 Å². The minimum Gasteiger partial charge on any atom is -0.388 e. The number of hydrogen-bond donors (Lipinski definition) is 1. The summed E-state index contributed by atoms with van der Waals surface area (Å²) in [4.78, 5) is 0. The first-order valence-corrected chi connectivity index (χ1v) is 7.02. The van der Waals surface area contributed by atoms with E-state index in [1.165, 1.54) is 5.56 Å². The van der Waals surface area contributed by atoms with Crippen LogP contribution in [0.2, 0.25) is 0 Å². The van der Waals surface area contributed by atoms with Crippen LogP contribution in [0.4, 0.5) is 0 Å². The minimum absolute atomic E-state index is 0.349. The van der Waals surface area contributed by atoms with Gasteiger partial charge in [0.25, 0.3) is 0 Å². The normalized spacial score (nSPS) is 12.3. The maximum absolute atomic E-state index is 10.0. The standard InChI is InChI=1S/C16H17BrO/c17-15-10-4-6-13(12-15)7-5-11-16(18)14-8-2-1-3-9-14/h1-4,6,8-10,12,16,18H,5,7,11H2. The smallest absolute Gasteiger partial charge is 0.0790 e. The van der Waals surface area contributed by atoms with Crippen molar-refractivity contribution in [2.75, 3.05) is 0 Å². The highest BCUT2D eigenvalue weighted by Gasteiger charge is 2.06. The lowest BCUT2D eigenvalue weighted by Crippen LogP contribution is -1.98. The average molecular weight is 305 g/mol. The van der Waals surface area contributed by atoms with E-state index in [9.17, 15) is 5.11 Å². The summed E-state index contributed by atoms with van der Waals surface area (Å²) in [5.74, 6) is 0. The van der Waals surface area contributed by atoms with Gasteiger partial charge in [-0.15, -0.1) is 0 Å². The molecule has 18 heavy (non-hydrogen) atoms. The van der Waals surface area contributed by atoms with Gasteiger partial charge in [0, 0.05) is 4.47 Å². The number of benzene rings is 2. The number of hydrogen-bond acceptors (Lipinski definition) is 1. The maximum atomic E-state index is 10.0. The summed E-state index contributed by atoms with van der Waals surface area (Å²) >= 11 is 3.47. The Kier molecular flexibility index (Phi) is 4.97. The van der Waals surface area contributed by atoms with Crippen LogP contribution in [-0.2, 0) is 6.42 Å². The zero-order valence-electron chi connectivity index (χ0n) is 10.2. The molecule has 0 amide bonds. The average Bonchev–Trinajstić information content (AvgIpc) is 2.40. The summed E-state index contributed by atoms with van der Waals surface area (Å²) in [6, 6.07) is 18.2. The molecule has 1 unspecified atom stereocenters. The van der Waals surface area contributed by atoms with E-state index >= 15 is 0 Å². The minimum atomic E-state index is -0.349. The molecule has 94 valence electrons. The Bertz CT molecular complexity index is 481. The molecule has 2 aromatic rings. The lowest BCUT2D eigenvalue weighted by Gasteiger charge is -2.10. The molecule has 1 N–H and O–H groups in total. The van der Waals surface area contributed by atoms with Gasteiger partial charge in [0.05, 0.1) is 6.10 Å². The van der Waals surface area contributed by atoms with Crippen molar-refractivity contribution in [3.05, 3.63) is 70.2 Å². The third-order valence-corrected chi connectivity index (χ3v) is 3.51. The Morgan fingerprint density at radius 3 is 2.50 bits per heavy atom. The monoisotopic (exact) mass is 304 g/mol. The van der Waals surface area contributed by atoms with Crippen molar-refractivity contribution in [1.29, 1.82) is 0 Å². The van der Waals surface area contributed by atoms with E-state index in [1.54, 1.807) is 0 Å². The van der Waals surface area contributed by atoms with E-state index in [0.29, 0.717) is 0 Å². The molecule has 2 aromatic carbocycles. The van der Waals surface area contributed by atoms with Crippen molar-refractivity contribution < 1.29 is 5.11 Å². The molecule has 0 fully saturated rings. The summed E-state index contributed by atoms with van der Waals surface area (Å²) in [6.07, 6.45) is 2.45. The fraction of sp³-hybridized carbons (Fsp3) is 0.250. The zero-order valence-corrected chi connectivity index (χ0v) is 11.8. The van der Waals surface area contributed by atoms with Crippen molar-refractivity contribution in [2.24, 2.45) is 0 Å². The predicted molar refractivity (Wildman–Crippen MR) is 78.5 cm³/mol. The molecule has 0 aliphatic rings. The number of aliphatic hydroxyl groups is 1. The van der Waals surface area contributed by atoms with E-state index in [0.717, 1.165) is 29.3 Å². The Balaban J connectivity index is 1.82. The van der Waals surface area contributed by atoms with Crippen LogP contribution in [0.1, 0.15) is 30.1 Å². The maximum Gasteiger partial charge on any atom is 0.0790 e. The number of aliphatic hydroxyl groups excluding tert-OH is 1. The van der Waals surface area contributed by atoms with Crippen molar-refractivity contribution >= 4 is 15.9 Å². The lowest BCUT2D eigenvalue weighted by molar-refractivity contribution is 0.164. The van der Waals surface area contributed by atoms with Crippen LogP contribution in [0.5, 0.6) is 0 Å². The van der Waals surface area contributed by atoms with Crippen LogP contribution in [0.25, 0.3) is 0 Å². The highest BCUT2D eigenvalue weighted by molar-refractivity contribution is 9.10. The molecule has 0 bridgehead atoms. The van der Waals surface area contributed by atoms with Gasteiger partial charge >= 0.3 is 0 Å². The Morgan fingerprint density at radius 1 is 1.00 bits per heavy atom. The molecule has 0 saturated carbocycles. The van der Waals surface area contributed by atoms with E-state index in [4.69, 9.17) is 0 Å². The Labute approximate surface area is 117 Å². The van der Waals surface area contributed by atoms with Gasteiger partial charge in [-0.05, 0) is 42.5 Å². The second-order valence-corrected chi connectivity index (χ2v) is 5.36. The highest BCUT2D eigenvalue weighted by Crippen LogP contribution is 2.20. The molecule has 2 rings (SSSR count). The zero-order chi connectivity index (χ0) is 12.8. The lowest BCUT2D eigenvalue weighted by atomic mass is 10.0. The summed E-state index contributed by atoms with van der Waals surface area (Å²) in [7, 11) is 0. The molecule has 0 aliphatic carbocycles. The summed E-state index contributed by atoms with van der Waals surface area (Å²) in [6.45, 7) is 0. The number of aryl methyl sites for hydroxylation is 1. The first-order valence-electron chi connectivity index (χ1n) is 6.23. The molecule has 1 atom stereocenters. The third-order valence-electron chi connectivity index (χ3n) is 3.02. The van der Waals surface area contributed by atoms with Crippen molar-refractivity contribution in [2.45, 2.75) is 25.4 Å². The van der Waals surface area contributed by atoms with Gasteiger partial charge in [-0.25, -0.2) is 0 Å². The fourth-order valence-electron chi connectivity index (χ4n) is 2.03. The Morgan fingerprint density at radius 2 is 1.78 bits per heavy atom. The van der Waals surface area contributed by atoms with Crippen LogP contribution < -0.4 is 0 Å². The molecule has 0 saturated heterocycles. The molecule has 2 heteroatoms. The summed E-state index contributed by atoms with van der Waals surface area (Å²) in [5, 5.41) is 10.0. The van der Waals surface area contributed by atoms with E-state index in [2.05, 4.69) is 28.1 Å².